The number of benzene rings is 1. The second kappa shape index (κ2) is 8.66. The van der Waals surface area contributed by atoms with E-state index in [4.69, 9.17) is 9.47 Å². The second-order valence-electron chi connectivity index (χ2n) is 5.40. The van der Waals surface area contributed by atoms with Crippen LogP contribution < -0.4 is 0 Å². The Bertz CT molecular complexity index is 500. The third-order valence-corrected chi connectivity index (χ3v) is 3.62. The number of amides is 1. The Morgan fingerprint density at radius 3 is 3.00 bits per heavy atom. The van der Waals surface area contributed by atoms with Crippen LogP contribution in [-0.2, 0) is 20.8 Å². The molecule has 0 aliphatic carbocycles. The Morgan fingerprint density at radius 1 is 1.50 bits per heavy atom. The van der Waals surface area contributed by atoms with Gasteiger partial charge in [-0.05, 0) is 12.5 Å². The number of ether oxygens (including phenoxy) is 2. The third-order valence-electron chi connectivity index (χ3n) is 3.62. The Kier molecular flexibility index (Phi) is 6.55. The van der Waals surface area contributed by atoms with Crippen molar-refractivity contribution in [1.82, 2.24) is 4.90 Å². The van der Waals surface area contributed by atoms with Gasteiger partial charge in [0.2, 0.25) is 5.91 Å². The predicted octanol–water partition coefficient (Wildman–Crippen LogP) is 2.39. The molecule has 0 bridgehead atoms. The first-order valence-corrected chi connectivity index (χ1v) is 7.48. The number of carbonyl (C=O) groups is 1. The van der Waals surface area contributed by atoms with E-state index in [1.807, 2.05) is 0 Å². The maximum absolute atomic E-state index is 13.7. The molecule has 1 amide bonds. The van der Waals surface area contributed by atoms with Crippen LogP contribution in [0.2, 0.25) is 0 Å². The molecule has 1 aliphatic rings. The van der Waals surface area contributed by atoms with Crippen LogP contribution in [0, 0.1) is 11.7 Å². The SMILES string of the molecule is C=CCN(Cc1ccccc1F)C(=O)COCC1CCOC1. The molecule has 1 heterocycles. The number of hydrogen-bond donors (Lipinski definition) is 0. The zero-order chi connectivity index (χ0) is 15.8. The molecule has 1 aliphatic heterocycles. The molecular weight excluding hydrogens is 285 g/mol. The summed E-state index contributed by atoms with van der Waals surface area (Å²) in [6.07, 6.45) is 2.60. The maximum Gasteiger partial charge on any atom is 0.249 e. The maximum atomic E-state index is 13.7. The zero-order valence-electron chi connectivity index (χ0n) is 12.7. The van der Waals surface area contributed by atoms with Crippen LogP contribution in [0.15, 0.2) is 36.9 Å². The summed E-state index contributed by atoms with van der Waals surface area (Å²) < 4.78 is 24.4. The summed E-state index contributed by atoms with van der Waals surface area (Å²) in [5.41, 5.74) is 0.488. The van der Waals surface area contributed by atoms with Gasteiger partial charge in [0.1, 0.15) is 12.4 Å². The monoisotopic (exact) mass is 307 g/mol. The van der Waals surface area contributed by atoms with E-state index in [-0.39, 0.29) is 24.9 Å². The van der Waals surface area contributed by atoms with Crippen LogP contribution in [0.4, 0.5) is 4.39 Å². The van der Waals surface area contributed by atoms with Gasteiger partial charge in [-0.3, -0.25) is 4.79 Å². The van der Waals surface area contributed by atoms with E-state index in [2.05, 4.69) is 6.58 Å². The van der Waals surface area contributed by atoms with Crippen LogP contribution in [0.5, 0.6) is 0 Å². The smallest absolute Gasteiger partial charge is 0.249 e. The first kappa shape index (κ1) is 16.6. The van der Waals surface area contributed by atoms with Crippen molar-refractivity contribution in [1.29, 1.82) is 0 Å². The van der Waals surface area contributed by atoms with Gasteiger partial charge in [-0.1, -0.05) is 24.3 Å². The lowest BCUT2D eigenvalue weighted by atomic mass is 10.1. The average molecular weight is 307 g/mol. The lowest BCUT2D eigenvalue weighted by molar-refractivity contribution is -0.136. The van der Waals surface area contributed by atoms with E-state index < -0.39 is 0 Å². The standard InChI is InChI=1S/C17H22FNO3/c1-2-8-19(10-15-5-3-4-6-16(15)18)17(20)13-22-12-14-7-9-21-11-14/h2-6,14H,1,7-13H2. The quantitative estimate of drug-likeness (QED) is 0.692. The largest absolute Gasteiger partial charge is 0.381 e. The molecule has 0 aromatic heterocycles. The highest BCUT2D eigenvalue weighted by Crippen LogP contribution is 2.13. The molecule has 22 heavy (non-hydrogen) atoms. The van der Waals surface area contributed by atoms with Gasteiger partial charge in [-0.2, -0.15) is 0 Å². The average Bonchev–Trinajstić information content (AvgIpc) is 3.02. The molecule has 4 nitrogen and oxygen atoms in total. The molecule has 0 N–H and O–H groups in total. The summed E-state index contributed by atoms with van der Waals surface area (Å²) in [6, 6.07) is 6.45. The third kappa shape index (κ3) is 4.93. The lowest BCUT2D eigenvalue weighted by Crippen LogP contribution is -2.34. The molecule has 1 saturated heterocycles. The molecule has 1 fully saturated rings. The van der Waals surface area contributed by atoms with Crippen molar-refractivity contribution < 1.29 is 18.7 Å². The highest BCUT2D eigenvalue weighted by Gasteiger charge is 2.18. The fourth-order valence-electron chi connectivity index (χ4n) is 2.36. The summed E-state index contributed by atoms with van der Waals surface area (Å²) in [5.74, 6) is -0.109. The van der Waals surface area contributed by atoms with Crippen molar-refractivity contribution in [3.05, 3.63) is 48.3 Å². The molecule has 0 radical (unpaired) electrons. The number of rotatable bonds is 8. The van der Waals surface area contributed by atoms with Crippen LogP contribution in [0.25, 0.3) is 0 Å². The van der Waals surface area contributed by atoms with E-state index >= 15 is 0 Å². The molecule has 0 spiro atoms. The summed E-state index contributed by atoms with van der Waals surface area (Å²) >= 11 is 0. The fourth-order valence-corrected chi connectivity index (χ4v) is 2.36. The Hall–Kier alpha value is -1.72. The highest BCUT2D eigenvalue weighted by molar-refractivity contribution is 5.77. The van der Waals surface area contributed by atoms with Gasteiger partial charge in [0.15, 0.2) is 0 Å². The number of carbonyl (C=O) groups excluding carboxylic acids is 1. The van der Waals surface area contributed by atoms with Crippen LogP contribution in [-0.4, -0.2) is 43.8 Å². The molecular formula is C17H22FNO3. The highest BCUT2D eigenvalue weighted by atomic mass is 19.1. The van der Waals surface area contributed by atoms with Crippen molar-refractivity contribution >= 4 is 5.91 Å². The number of hydrogen-bond acceptors (Lipinski definition) is 3. The molecule has 120 valence electrons. The van der Waals surface area contributed by atoms with Gasteiger partial charge >= 0.3 is 0 Å². The summed E-state index contributed by atoms with van der Waals surface area (Å²) in [4.78, 5) is 13.8. The first-order valence-electron chi connectivity index (χ1n) is 7.48. The van der Waals surface area contributed by atoms with Crippen molar-refractivity contribution in [2.45, 2.75) is 13.0 Å². The van der Waals surface area contributed by atoms with E-state index in [0.717, 1.165) is 13.0 Å². The van der Waals surface area contributed by atoms with E-state index in [1.54, 1.807) is 24.3 Å². The van der Waals surface area contributed by atoms with Gasteiger partial charge in [0.25, 0.3) is 0 Å². The normalized spacial score (nSPS) is 17.4. The van der Waals surface area contributed by atoms with Crippen LogP contribution >= 0.6 is 0 Å². The van der Waals surface area contributed by atoms with Crippen molar-refractivity contribution in [2.75, 3.05) is 33.0 Å². The van der Waals surface area contributed by atoms with Gasteiger partial charge in [-0.15, -0.1) is 6.58 Å². The number of nitrogens with zero attached hydrogens (tertiary/aromatic N) is 1. The van der Waals surface area contributed by atoms with Crippen LogP contribution in [0.1, 0.15) is 12.0 Å². The van der Waals surface area contributed by atoms with Gasteiger partial charge in [0, 0.05) is 31.2 Å². The molecule has 2 rings (SSSR count). The van der Waals surface area contributed by atoms with Gasteiger partial charge in [0.05, 0.1) is 13.2 Å². The zero-order valence-corrected chi connectivity index (χ0v) is 12.7. The molecule has 1 atom stereocenters. The topological polar surface area (TPSA) is 38.8 Å². The fraction of sp³-hybridized carbons (Fsp3) is 0.471. The van der Waals surface area contributed by atoms with E-state index in [9.17, 15) is 9.18 Å². The summed E-state index contributed by atoms with van der Waals surface area (Å²) in [6.45, 7) is 6.20. The predicted molar refractivity (Wildman–Crippen MR) is 81.8 cm³/mol. The second-order valence-corrected chi connectivity index (χ2v) is 5.40. The number of halogens is 1. The van der Waals surface area contributed by atoms with E-state index in [0.29, 0.717) is 31.2 Å². The lowest BCUT2D eigenvalue weighted by Gasteiger charge is -2.22. The first-order chi connectivity index (χ1) is 10.7. The van der Waals surface area contributed by atoms with Gasteiger partial charge < -0.3 is 14.4 Å². The van der Waals surface area contributed by atoms with Crippen LogP contribution in [0.3, 0.4) is 0 Å². The minimum absolute atomic E-state index is 0.00120. The summed E-state index contributed by atoms with van der Waals surface area (Å²) in [7, 11) is 0. The van der Waals surface area contributed by atoms with Gasteiger partial charge in [-0.25, -0.2) is 4.39 Å². The Morgan fingerprint density at radius 2 is 2.32 bits per heavy atom. The Labute approximate surface area is 130 Å². The molecule has 5 heteroatoms. The van der Waals surface area contributed by atoms with E-state index in [1.165, 1.54) is 11.0 Å². The molecule has 1 aromatic rings. The minimum Gasteiger partial charge on any atom is -0.381 e. The summed E-state index contributed by atoms with van der Waals surface area (Å²) in [5, 5.41) is 0. The van der Waals surface area contributed by atoms with Crippen molar-refractivity contribution in [2.24, 2.45) is 5.92 Å². The molecule has 1 aromatic carbocycles. The molecule has 1 unspecified atom stereocenters. The van der Waals surface area contributed by atoms with Crippen molar-refractivity contribution in [3.63, 3.8) is 0 Å². The Balaban J connectivity index is 1.84. The molecule has 0 saturated carbocycles. The van der Waals surface area contributed by atoms with Crippen molar-refractivity contribution in [3.8, 4) is 0 Å². The minimum atomic E-state index is -0.312.